The lowest BCUT2D eigenvalue weighted by atomic mass is 9.95. The molecule has 2 heterocycles. The number of rotatable bonds is 5. The number of piperazine rings is 1. The molecule has 1 fully saturated rings. The first-order chi connectivity index (χ1) is 15.8. The van der Waals surface area contributed by atoms with Gasteiger partial charge >= 0.3 is 6.03 Å². The molecular weight excluding hydrogens is 449 g/mol. The Labute approximate surface area is 193 Å². The molecule has 4 rings (SSSR count). The molecule has 2 aliphatic rings. The number of hydrogen-bond donors (Lipinski definition) is 1. The molecule has 0 unspecified atom stereocenters. The zero-order valence-corrected chi connectivity index (χ0v) is 19.5. The lowest BCUT2D eigenvalue weighted by molar-refractivity contribution is 0.165. The van der Waals surface area contributed by atoms with Crippen LogP contribution in [0.25, 0.3) is 0 Å². The predicted octanol–water partition coefficient (Wildman–Crippen LogP) is 3.01. The second-order valence-electron chi connectivity index (χ2n) is 8.40. The highest BCUT2D eigenvalue weighted by Crippen LogP contribution is 2.34. The molecule has 0 saturated carbocycles. The molecule has 178 valence electrons. The van der Waals surface area contributed by atoms with Crippen LogP contribution in [-0.4, -0.2) is 63.0 Å². The number of nitrogens with zero attached hydrogens (tertiary/aromatic N) is 2. The van der Waals surface area contributed by atoms with E-state index in [1.54, 1.807) is 4.90 Å². The minimum absolute atomic E-state index is 0.0977. The minimum atomic E-state index is -3.96. The largest absolute Gasteiger partial charge is 0.486 e. The summed E-state index contributed by atoms with van der Waals surface area (Å²) < 4.78 is 52.1. The number of nitrogens with one attached hydrogen (secondary N) is 1. The van der Waals surface area contributed by atoms with E-state index in [1.807, 2.05) is 32.0 Å². The Morgan fingerprint density at radius 3 is 2.33 bits per heavy atom. The van der Waals surface area contributed by atoms with Crippen molar-refractivity contribution in [2.45, 2.75) is 24.8 Å². The maximum absolute atomic E-state index is 14.0. The molecular formula is C23H28FN3O5S. The van der Waals surface area contributed by atoms with Gasteiger partial charge in [-0.1, -0.05) is 32.0 Å². The van der Waals surface area contributed by atoms with Crippen LogP contribution in [-0.2, 0) is 10.0 Å². The van der Waals surface area contributed by atoms with Gasteiger partial charge in [-0.3, -0.25) is 0 Å². The Morgan fingerprint density at radius 1 is 1.00 bits per heavy atom. The fourth-order valence-corrected chi connectivity index (χ4v) is 5.52. The maximum Gasteiger partial charge on any atom is 0.317 e. The number of carbonyl (C=O) groups excluding carboxylic acids is 1. The number of hydrogen-bond acceptors (Lipinski definition) is 5. The Balaban J connectivity index is 1.41. The summed E-state index contributed by atoms with van der Waals surface area (Å²) in [5.74, 6) is 0.674. The summed E-state index contributed by atoms with van der Waals surface area (Å²) in [6.07, 6.45) is 0. The van der Waals surface area contributed by atoms with Crippen molar-refractivity contribution < 1.29 is 27.1 Å². The summed E-state index contributed by atoms with van der Waals surface area (Å²) in [5.41, 5.74) is 0.906. The number of carbonyl (C=O) groups is 1. The van der Waals surface area contributed by atoms with Crippen molar-refractivity contribution in [2.75, 3.05) is 39.4 Å². The molecule has 0 aliphatic carbocycles. The number of fused-ring (bicyclic) bond motifs is 1. The van der Waals surface area contributed by atoms with E-state index in [0.717, 1.165) is 11.6 Å². The molecule has 2 aromatic rings. The van der Waals surface area contributed by atoms with Crippen molar-refractivity contribution in [2.24, 2.45) is 5.92 Å². The van der Waals surface area contributed by atoms with E-state index in [1.165, 1.54) is 22.5 Å². The van der Waals surface area contributed by atoms with Gasteiger partial charge in [-0.05, 0) is 35.7 Å². The van der Waals surface area contributed by atoms with Gasteiger partial charge in [0, 0.05) is 26.2 Å². The lowest BCUT2D eigenvalue weighted by Gasteiger charge is -2.35. The van der Waals surface area contributed by atoms with Gasteiger partial charge in [0.1, 0.15) is 23.9 Å². The molecule has 2 aromatic carbocycles. The highest BCUT2D eigenvalue weighted by Gasteiger charge is 2.32. The molecule has 0 bridgehead atoms. The van der Waals surface area contributed by atoms with E-state index >= 15 is 0 Å². The van der Waals surface area contributed by atoms with Crippen LogP contribution >= 0.6 is 0 Å². The smallest absolute Gasteiger partial charge is 0.317 e. The van der Waals surface area contributed by atoms with E-state index in [2.05, 4.69) is 5.32 Å². The zero-order chi connectivity index (χ0) is 23.6. The van der Waals surface area contributed by atoms with Crippen LogP contribution in [0.2, 0.25) is 0 Å². The van der Waals surface area contributed by atoms with E-state index in [0.29, 0.717) is 24.7 Å². The SMILES string of the molecule is CC(C)[C@H](NC(=O)N1CCN(S(=O)(=O)c2ccccc2F)CC1)c1ccc2c(c1)OCCO2. The van der Waals surface area contributed by atoms with Gasteiger partial charge in [0.05, 0.1) is 6.04 Å². The van der Waals surface area contributed by atoms with Crippen molar-refractivity contribution >= 4 is 16.1 Å². The van der Waals surface area contributed by atoms with Crippen LogP contribution in [0.1, 0.15) is 25.5 Å². The summed E-state index contributed by atoms with van der Waals surface area (Å²) in [4.78, 5) is 14.2. The first-order valence-electron chi connectivity index (χ1n) is 11.0. The van der Waals surface area contributed by atoms with Crippen molar-refractivity contribution in [1.82, 2.24) is 14.5 Å². The van der Waals surface area contributed by atoms with Gasteiger partial charge in [-0.25, -0.2) is 17.6 Å². The highest BCUT2D eigenvalue weighted by molar-refractivity contribution is 7.89. The molecule has 1 atom stereocenters. The van der Waals surface area contributed by atoms with Gasteiger partial charge in [0.25, 0.3) is 0 Å². The molecule has 10 heteroatoms. The van der Waals surface area contributed by atoms with Crippen molar-refractivity contribution in [3.8, 4) is 11.5 Å². The number of halogens is 1. The van der Waals surface area contributed by atoms with E-state index in [4.69, 9.17) is 9.47 Å². The molecule has 0 aromatic heterocycles. The number of amides is 2. The van der Waals surface area contributed by atoms with Crippen LogP contribution in [0.5, 0.6) is 11.5 Å². The second-order valence-corrected chi connectivity index (χ2v) is 10.3. The van der Waals surface area contributed by atoms with Crippen molar-refractivity contribution in [3.05, 3.63) is 53.8 Å². The molecule has 0 radical (unpaired) electrons. The summed E-state index contributed by atoms with van der Waals surface area (Å²) in [7, 11) is -3.96. The Bertz CT molecular complexity index is 1120. The normalized spacial score (nSPS) is 17.6. The monoisotopic (exact) mass is 477 g/mol. The van der Waals surface area contributed by atoms with Crippen LogP contribution in [0, 0.1) is 11.7 Å². The molecule has 8 nitrogen and oxygen atoms in total. The summed E-state index contributed by atoms with van der Waals surface area (Å²) in [6, 6.07) is 10.4. The molecule has 2 aliphatic heterocycles. The first-order valence-corrected chi connectivity index (χ1v) is 12.4. The number of benzene rings is 2. The van der Waals surface area contributed by atoms with Gasteiger partial charge in [0.15, 0.2) is 11.5 Å². The van der Waals surface area contributed by atoms with E-state index in [-0.39, 0.29) is 49.1 Å². The third kappa shape index (κ3) is 4.91. The van der Waals surface area contributed by atoms with Crippen LogP contribution in [0.15, 0.2) is 47.4 Å². The summed E-state index contributed by atoms with van der Waals surface area (Å²) in [5, 5.41) is 3.07. The van der Waals surface area contributed by atoms with Crippen LogP contribution in [0.3, 0.4) is 0 Å². The maximum atomic E-state index is 14.0. The average molecular weight is 478 g/mol. The fraction of sp³-hybridized carbons (Fsp3) is 0.435. The van der Waals surface area contributed by atoms with Gasteiger partial charge in [0.2, 0.25) is 10.0 Å². The average Bonchev–Trinajstić information content (AvgIpc) is 2.82. The van der Waals surface area contributed by atoms with Gasteiger partial charge in [-0.15, -0.1) is 0 Å². The third-order valence-corrected chi connectivity index (χ3v) is 7.78. The first kappa shape index (κ1) is 23.3. The van der Waals surface area contributed by atoms with Gasteiger partial charge < -0.3 is 19.7 Å². The number of sulfonamides is 1. The van der Waals surface area contributed by atoms with E-state index in [9.17, 15) is 17.6 Å². The minimum Gasteiger partial charge on any atom is -0.486 e. The Hall–Kier alpha value is -2.85. The highest BCUT2D eigenvalue weighted by atomic mass is 32.2. The topological polar surface area (TPSA) is 88.2 Å². The van der Waals surface area contributed by atoms with E-state index < -0.39 is 15.8 Å². The van der Waals surface area contributed by atoms with Crippen molar-refractivity contribution in [3.63, 3.8) is 0 Å². The van der Waals surface area contributed by atoms with Crippen LogP contribution in [0.4, 0.5) is 9.18 Å². The van der Waals surface area contributed by atoms with Gasteiger partial charge in [-0.2, -0.15) is 4.31 Å². The molecule has 1 N–H and O–H groups in total. The fourth-order valence-electron chi connectivity index (χ4n) is 4.04. The Morgan fingerprint density at radius 2 is 1.67 bits per heavy atom. The predicted molar refractivity (Wildman–Crippen MR) is 120 cm³/mol. The standard InChI is InChI=1S/C23H28FN3O5S/c1-16(2)22(17-7-8-19-20(15-17)32-14-13-31-19)25-23(28)26-9-11-27(12-10-26)33(29,30)21-6-4-3-5-18(21)24/h3-8,15-16,22H,9-14H2,1-2H3,(H,25,28)/t22-/m0/s1. The second kappa shape index (κ2) is 9.56. The zero-order valence-electron chi connectivity index (χ0n) is 18.7. The molecule has 1 saturated heterocycles. The molecule has 0 spiro atoms. The van der Waals surface area contributed by atoms with Crippen molar-refractivity contribution in [1.29, 1.82) is 0 Å². The summed E-state index contributed by atoms with van der Waals surface area (Å²) >= 11 is 0. The number of urea groups is 1. The third-order valence-electron chi connectivity index (χ3n) is 5.85. The molecule has 2 amide bonds. The number of ether oxygens (including phenoxy) is 2. The lowest BCUT2D eigenvalue weighted by Crippen LogP contribution is -2.53. The van der Waals surface area contributed by atoms with Crippen LogP contribution < -0.4 is 14.8 Å². The summed E-state index contributed by atoms with van der Waals surface area (Å²) in [6.45, 7) is 5.64. The molecule has 33 heavy (non-hydrogen) atoms. The Kier molecular flexibility index (Phi) is 6.76. The quantitative estimate of drug-likeness (QED) is 0.715.